The van der Waals surface area contributed by atoms with Crippen molar-refractivity contribution in [3.8, 4) is 0 Å². The summed E-state index contributed by atoms with van der Waals surface area (Å²) >= 11 is 0. The number of carbonyl (C=O) groups excluding carboxylic acids is 1. The summed E-state index contributed by atoms with van der Waals surface area (Å²) in [6, 6.07) is 0. The van der Waals surface area contributed by atoms with E-state index in [-0.39, 0.29) is 23.9 Å². The zero-order valence-electron chi connectivity index (χ0n) is 12.2. The molecule has 0 fully saturated rings. The molecule has 1 atom stereocenters. The molecule has 18 heavy (non-hydrogen) atoms. The van der Waals surface area contributed by atoms with Crippen LogP contribution in [0.1, 0.15) is 47.5 Å². The van der Waals surface area contributed by atoms with Crippen LogP contribution in [0.3, 0.4) is 0 Å². The van der Waals surface area contributed by atoms with E-state index in [1.807, 2.05) is 13.8 Å². The topological polar surface area (TPSA) is 77.2 Å². The van der Waals surface area contributed by atoms with Gasteiger partial charge >= 0.3 is 0 Å². The van der Waals surface area contributed by atoms with Crippen LogP contribution in [0.15, 0.2) is 0 Å². The zero-order valence-corrected chi connectivity index (χ0v) is 13.0. The fourth-order valence-electron chi connectivity index (χ4n) is 1.67. The largest absolute Gasteiger partial charge is 0.330 e. The molecule has 108 valence electrons. The summed E-state index contributed by atoms with van der Waals surface area (Å²) < 4.78 is 23.0. The van der Waals surface area contributed by atoms with Gasteiger partial charge in [0.1, 0.15) is 5.78 Å². The molecule has 0 saturated heterocycles. The van der Waals surface area contributed by atoms with E-state index in [2.05, 4.69) is 0 Å². The van der Waals surface area contributed by atoms with Crippen LogP contribution >= 0.6 is 0 Å². The van der Waals surface area contributed by atoms with Gasteiger partial charge in [0.15, 0.2) is 9.84 Å². The first-order valence-electron chi connectivity index (χ1n) is 6.46. The van der Waals surface area contributed by atoms with Crippen molar-refractivity contribution in [2.75, 3.05) is 12.3 Å². The van der Waals surface area contributed by atoms with Gasteiger partial charge in [-0.15, -0.1) is 0 Å². The molecular weight excluding hydrogens is 250 g/mol. The van der Waals surface area contributed by atoms with Crippen molar-refractivity contribution in [2.24, 2.45) is 17.6 Å². The van der Waals surface area contributed by atoms with Gasteiger partial charge in [-0.3, -0.25) is 4.79 Å². The third-order valence-corrected chi connectivity index (χ3v) is 5.65. The summed E-state index contributed by atoms with van der Waals surface area (Å²) in [5.74, 6) is 0.0742. The van der Waals surface area contributed by atoms with E-state index in [4.69, 9.17) is 5.73 Å². The molecule has 0 aromatic rings. The molecule has 0 rings (SSSR count). The van der Waals surface area contributed by atoms with E-state index < -0.39 is 14.6 Å². The number of ketones is 1. The first-order valence-corrected chi connectivity index (χ1v) is 8.11. The zero-order chi connectivity index (χ0) is 14.6. The smallest absolute Gasteiger partial charge is 0.155 e. The second-order valence-corrected chi connectivity index (χ2v) is 9.07. The Labute approximate surface area is 111 Å². The maximum atomic E-state index is 11.9. The van der Waals surface area contributed by atoms with E-state index in [1.165, 1.54) is 0 Å². The van der Waals surface area contributed by atoms with Crippen LogP contribution in [0.4, 0.5) is 0 Å². The molecule has 4 nitrogen and oxygen atoms in total. The third kappa shape index (κ3) is 5.48. The highest BCUT2D eigenvalue weighted by molar-refractivity contribution is 7.92. The van der Waals surface area contributed by atoms with Crippen molar-refractivity contribution in [3.05, 3.63) is 0 Å². The van der Waals surface area contributed by atoms with E-state index in [1.54, 1.807) is 20.8 Å². The Hall–Kier alpha value is -0.420. The molecule has 2 N–H and O–H groups in total. The summed E-state index contributed by atoms with van der Waals surface area (Å²) in [5, 5.41) is 0. The molecule has 5 heteroatoms. The van der Waals surface area contributed by atoms with Crippen molar-refractivity contribution >= 4 is 15.6 Å². The molecule has 0 heterocycles. The highest BCUT2D eigenvalue weighted by Crippen LogP contribution is 2.19. The Bertz CT molecular complexity index is 366. The maximum Gasteiger partial charge on any atom is 0.155 e. The molecule has 1 unspecified atom stereocenters. The number of hydrogen-bond donors (Lipinski definition) is 1. The molecule has 0 aliphatic rings. The summed E-state index contributed by atoms with van der Waals surface area (Å²) in [4.78, 5) is 11.9. The first-order chi connectivity index (χ1) is 8.01. The predicted molar refractivity (Wildman–Crippen MR) is 75.2 cm³/mol. The quantitative estimate of drug-likeness (QED) is 0.769. The number of sulfone groups is 1. The van der Waals surface area contributed by atoms with Gasteiger partial charge in [-0.25, -0.2) is 8.42 Å². The average Bonchev–Trinajstić information content (AvgIpc) is 2.20. The molecule has 0 bridgehead atoms. The lowest BCUT2D eigenvalue weighted by atomic mass is 9.92. The summed E-state index contributed by atoms with van der Waals surface area (Å²) in [6.07, 6.45) is 0.805. The van der Waals surface area contributed by atoms with Crippen LogP contribution in [0.2, 0.25) is 0 Å². The summed E-state index contributed by atoms with van der Waals surface area (Å²) in [6.45, 7) is 9.32. The minimum absolute atomic E-state index is 0.0287. The van der Waals surface area contributed by atoms with Crippen LogP contribution in [0.25, 0.3) is 0 Å². The van der Waals surface area contributed by atoms with Gasteiger partial charge in [0.25, 0.3) is 0 Å². The van der Waals surface area contributed by atoms with Crippen molar-refractivity contribution < 1.29 is 13.2 Å². The Morgan fingerprint density at radius 1 is 1.22 bits per heavy atom. The van der Waals surface area contributed by atoms with E-state index >= 15 is 0 Å². The van der Waals surface area contributed by atoms with Gasteiger partial charge < -0.3 is 5.73 Å². The predicted octanol–water partition coefficient (Wildman–Crippen LogP) is 1.78. The highest BCUT2D eigenvalue weighted by atomic mass is 32.2. The fourth-order valence-corrected chi connectivity index (χ4v) is 2.76. The third-order valence-electron chi connectivity index (χ3n) is 3.05. The molecule has 0 aliphatic carbocycles. The Morgan fingerprint density at radius 3 is 2.06 bits per heavy atom. The second-order valence-electron chi connectivity index (χ2n) is 6.21. The van der Waals surface area contributed by atoms with Gasteiger partial charge in [-0.1, -0.05) is 13.8 Å². The number of rotatable bonds is 7. The van der Waals surface area contributed by atoms with E-state index in [0.29, 0.717) is 12.5 Å². The van der Waals surface area contributed by atoms with Crippen molar-refractivity contribution in [3.63, 3.8) is 0 Å². The van der Waals surface area contributed by atoms with Gasteiger partial charge in [0.05, 0.1) is 10.5 Å². The SMILES string of the molecule is CC(C)CC(CN)C(=O)CCS(=O)(=O)C(C)(C)C. The fraction of sp³-hybridized carbons (Fsp3) is 0.923. The summed E-state index contributed by atoms with van der Waals surface area (Å²) in [7, 11) is -3.22. The van der Waals surface area contributed by atoms with Gasteiger partial charge in [-0.2, -0.15) is 0 Å². The van der Waals surface area contributed by atoms with Crippen molar-refractivity contribution in [1.29, 1.82) is 0 Å². The minimum Gasteiger partial charge on any atom is -0.330 e. The Kier molecular flexibility index (Phi) is 6.51. The minimum atomic E-state index is -3.22. The number of carbonyl (C=O) groups is 1. The highest BCUT2D eigenvalue weighted by Gasteiger charge is 2.30. The number of nitrogens with two attached hydrogens (primary N) is 1. The van der Waals surface area contributed by atoms with Crippen molar-refractivity contribution in [2.45, 2.75) is 52.2 Å². The maximum absolute atomic E-state index is 11.9. The van der Waals surface area contributed by atoms with Crippen molar-refractivity contribution in [1.82, 2.24) is 0 Å². The average molecular weight is 277 g/mol. The lowest BCUT2D eigenvalue weighted by Crippen LogP contribution is -2.33. The van der Waals surface area contributed by atoms with E-state index in [9.17, 15) is 13.2 Å². The molecule has 0 aliphatic heterocycles. The lowest BCUT2D eigenvalue weighted by molar-refractivity contribution is -0.122. The van der Waals surface area contributed by atoms with Crippen LogP contribution in [0, 0.1) is 11.8 Å². The second kappa shape index (κ2) is 6.66. The number of hydrogen-bond acceptors (Lipinski definition) is 4. The number of Topliss-reactive ketones (excluding diaryl/α,β-unsaturated/α-hetero) is 1. The standard InChI is InChI=1S/C13H27NO3S/c1-10(2)8-11(9-14)12(15)6-7-18(16,17)13(3,4)5/h10-11H,6-9,14H2,1-5H3. The first kappa shape index (κ1) is 17.6. The molecule has 0 amide bonds. The normalized spacial score (nSPS) is 14.8. The molecular formula is C13H27NO3S. The van der Waals surface area contributed by atoms with E-state index in [0.717, 1.165) is 6.42 Å². The lowest BCUT2D eigenvalue weighted by Gasteiger charge is -2.20. The van der Waals surface area contributed by atoms with Crippen LogP contribution in [-0.2, 0) is 14.6 Å². The van der Waals surface area contributed by atoms with Crippen LogP contribution in [-0.4, -0.2) is 31.2 Å². The molecule has 0 spiro atoms. The molecule has 0 saturated carbocycles. The monoisotopic (exact) mass is 277 g/mol. The van der Waals surface area contributed by atoms with Gasteiger partial charge in [0.2, 0.25) is 0 Å². The molecule has 0 aromatic heterocycles. The van der Waals surface area contributed by atoms with Gasteiger partial charge in [-0.05, 0) is 33.1 Å². The Morgan fingerprint density at radius 2 is 1.72 bits per heavy atom. The molecule has 0 aromatic carbocycles. The van der Waals surface area contributed by atoms with Gasteiger partial charge in [0, 0.05) is 18.9 Å². The molecule has 0 radical (unpaired) electrons. The van der Waals surface area contributed by atoms with Crippen LogP contribution < -0.4 is 5.73 Å². The van der Waals surface area contributed by atoms with Crippen LogP contribution in [0.5, 0.6) is 0 Å². The Balaban J connectivity index is 4.51. The summed E-state index contributed by atoms with van der Waals surface area (Å²) in [5.41, 5.74) is 5.58.